The molecule has 146 valence electrons. The molecule has 0 aromatic heterocycles. The molecule has 0 N–H and O–H groups in total. The molecule has 2 atom stereocenters. The summed E-state index contributed by atoms with van der Waals surface area (Å²) in [6.07, 6.45) is 5.85. The van der Waals surface area contributed by atoms with E-state index in [0.717, 1.165) is 70.5 Å². The molecule has 2 aliphatic rings. The molecule has 2 aliphatic heterocycles. The second-order valence-electron chi connectivity index (χ2n) is 8.36. The summed E-state index contributed by atoms with van der Waals surface area (Å²) in [7, 11) is 0. The minimum atomic E-state index is 0.475. The predicted octanol–water partition coefficient (Wildman–Crippen LogP) is 3.81. The standard InChI is InChI=1S/C23H29N5/c24-7-5-19-3-1-9-27(15-19)17-22-11-21(14-26)12-23(13-22)18-28-10-2-4-20(16-28)6-8-25/h11-13,19-20H,1-6,9-10,15-18H2. The molecule has 1 aromatic rings. The van der Waals surface area contributed by atoms with Crippen molar-refractivity contribution in [3.63, 3.8) is 0 Å². The van der Waals surface area contributed by atoms with Gasteiger partial charge in [-0.15, -0.1) is 0 Å². The van der Waals surface area contributed by atoms with Crippen molar-refractivity contribution < 1.29 is 0 Å². The average molecular weight is 376 g/mol. The summed E-state index contributed by atoms with van der Waals surface area (Å²) in [4.78, 5) is 4.85. The molecule has 5 nitrogen and oxygen atoms in total. The van der Waals surface area contributed by atoms with Crippen LogP contribution in [-0.4, -0.2) is 36.0 Å². The van der Waals surface area contributed by atoms with Crippen LogP contribution in [0, 0.1) is 45.8 Å². The number of piperidine rings is 2. The fourth-order valence-electron chi connectivity index (χ4n) is 4.71. The molecule has 0 radical (unpaired) electrons. The largest absolute Gasteiger partial charge is 0.299 e. The van der Waals surface area contributed by atoms with Crippen molar-refractivity contribution in [2.24, 2.45) is 11.8 Å². The Labute approximate surface area is 168 Å². The van der Waals surface area contributed by atoms with Gasteiger partial charge in [0.05, 0.1) is 23.8 Å². The molecule has 28 heavy (non-hydrogen) atoms. The Kier molecular flexibility index (Phi) is 7.44. The van der Waals surface area contributed by atoms with E-state index in [4.69, 9.17) is 10.5 Å². The van der Waals surface area contributed by atoms with E-state index in [0.29, 0.717) is 24.7 Å². The van der Waals surface area contributed by atoms with Gasteiger partial charge in [0.1, 0.15) is 0 Å². The first kappa shape index (κ1) is 20.3. The number of benzene rings is 1. The van der Waals surface area contributed by atoms with Gasteiger partial charge < -0.3 is 0 Å². The van der Waals surface area contributed by atoms with Gasteiger partial charge >= 0.3 is 0 Å². The molecule has 2 heterocycles. The van der Waals surface area contributed by atoms with E-state index in [9.17, 15) is 5.26 Å². The van der Waals surface area contributed by atoms with Crippen molar-refractivity contribution in [2.45, 2.75) is 51.6 Å². The Morgan fingerprint density at radius 3 is 1.71 bits per heavy atom. The van der Waals surface area contributed by atoms with E-state index in [1.807, 2.05) is 12.1 Å². The summed E-state index contributed by atoms with van der Waals surface area (Å²) >= 11 is 0. The highest BCUT2D eigenvalue weighted by Crippen LogP contribution is 2.24. The topological polar surface area (TPSA) is 77.8 Å². The number of likely N-dealkylation sites (tertiary alicyclic amines) is 2. The zero-order valence-electron chi connectivity index (χ0n) is 16.6. The van der Waals surface area contributed by atoms with Crippen molar-refractivity contribution in [3.8, 4) is 18.2 Å². The maximum absolute atomic E-state index is 9.47. The van der Waals surface area contributed by atoms with Gasteiger partial charge in [-0.3, -0.25) is 9.80 Å². The van der Waals surface area contributed by atoms with E-state index in [2.05, 4.69) is 34.1 Å². The number of hydrogen-bond donors (Lipinski definition) is 0. The molecule has 3 rings (SSSR count). The molecule has 5 heteroatoms. The second-order valence-corrected chi connectivity index (χ2v) is 8.36. The predicted molar refractivity (Wildman–Crippen MR) is 108 cm³/mol. The summed E-state index contributed by atoms with van der Waals surface area (Å²) in [6.45, 7) is 5.78. The minimum absolute atomic E-state index is 0.475. The van der Waals surface area contributed by atoms with Crippen LogP contribution in [0.25, 0.3) is 0 Å². The SMILES string of the molecule is N#CCC1CCCN(Cc2cc(C#N)cc(CN3CCCC(CC#N)C3)c2)C1. The molecule has 1 aromatic carbocycles. The van der Waals surface area contributed by atoms with Crippen LogP contribution < -0.4 is 0 Å². The molecular formula is C23H29N5. The van der Waals surface area contributed by atoms with E-state index in [-0.39, 0.29) is 0 Å². The van der Waals surface area contributed by atoms with Gasteiger partial charge in [0.25, 0.3) is 0 Å². The lowest BCUT2D eigenvalue weighted by Gasteiger charge is -2.33. The number of nitriles is 3. The van der Waals surface area contributed by atoms with Crippen molar-refractivity contribution in [1.29, 1.82) is 15.8 Å². The molecule has 0 bridgehead atoms. The zero-order chi connectivity index (χ0) is 19.8. The zero-order valence-corrected chi connectivity index (χ0v) is 16.6. The summed E-state index contributed by atoms with van der Waals surface area (Å²) in [5.74, 6) is 0.950. The lowest BCUT2D eigenvalue weighted by molar-refractivity contribution is 0.167. The Bertz CT molecular complexity index is 725. The Balaban J connectivity index is 1.66. The third-order valence-corrected chi connectivity index (χ3v) is 5.96. The minimum Gasteiger partial charge on any atom is -0.299 e. The maximum Gasteiger partial charge on any atom is 0.0991 e. The monoisotopic (exact) mass is 375 g/mol. The summed E-state index contributed by atoms with van der Waals surface area (Å²) in [5.41, 5.74) is 3.11. The maximum atomic E-state index is 9.47. The highest BCUT2D eigenvalue weighted by molar-refractivity contribution is 5.37. The smallest absolute Gasteiger partial charge is 0.0991 e. The van der Waals surface area contributed by atoms with Crippen LogP contribution in [0.2, 0.25) is 0 Å². The third-order valence-electron chi connectivity index (χ3n) is 5.96. The molecule has 2 saturated heterocycles. The number of rotatable bonds is 6. The first-order valence-electron chi connectivity index (χ1n) is 10.4. The first-order valence-corrected chi connectivity index (χ1v) is 10.4. The second kappa shape index (κ2) is 10.2. The fourth-order valence-corrected chi connectivity index (χ4v) is 4.71. The molecule has 0 amide bonds. The van der Waals surface area contributed by atoms with E-state index in [1.165, 1.54) is 11.1 Å². The van der Waals surface area contributed by atoms with Crippen molar-refractivity contribution in [1.82, 2.24) is 9.80 Å². The van der Waals surface area contributed by atoms with Gasteiger partial charge in [-0.1, -0.05) is 6.07 Å². The van der Waals surface area contributed by atoms with Crippen LogP contribution in [-0.2, 0) is 13.1 Å². The quantitative estimate of drug-likeness (QED) is 0.755. The molecule has 2 fully saturated rings. The lowest BCUT2D eigenvalue weighted by Crippen LogP contribution is -2.35. The van der Waals surface area contributed by atoms with Gasteiger partial charge in [0.15, 0.2) is 0 Å². The highest BCUT2D eigenvalue weighted by atomic mass is 15.1. The molecule has 0 spiro atoms. The lowest BCUT2D eigenvalue weighted by atomic mass is 9.94. The van der Waals surface area contributed by atoms with Gasteiger partial charge in [0.2, 0.25) is 0 Å². The molecule has 0 saturated carbocycles. The normalized spacial score (nSPS) is 23.5. The van der Waals surface area contributed by atoms with Crippen molar-refractivity contribution >= 4 is 0 Å². The molecular weight excluding hydrogens is 346 g/mol. The third kappa shape index (κ3) is 5.80. The van der Waals surface area contributed by atoms with Crippen LogP contribution >= 0.6 is 0 Å². The summed E-state index contributed by atoms with van der Waals surface area (Å²) in [6, 6.07) is 13.2. The van der Waals surface area contributed by atoms with Gasteiger partial charge in [-0.05, 0) is 73.9 Å². The van der Waals surface area contributed by atoms with Gasteiger partial charge in [0, 0.05) is 39.0 Å². The van der Waals surface area contributed by atoms with Crippen molar-refractivity contribution in [3.05, 3.63) is 34.9 Å². The van der Waals surface area contributed by atoms with Crippen LogP contribution in [0.1, 0.15) is 55.2 Å². The number of hydrogen-bond acceptors (Lipinski definition) is 5. The van der Waals surface area contributed by atoms with Gasteiger partial charge in [-0.25, -0.2) is 0 Å². The van der Waals surface area contributed by atoms with E-state index < -0.39 is 0 Å². The molecule has 0 aliphatic carbocycles. The van der Waals surface area contributed by atoms with Crippen molar-refractivity contribution in [2.75, 3.05) is 26.2 Å². The van der Waals surface area contributed by atoms with E-state index >= 15 is 0 Å². The van der Waals surface area contributed by atoms with Crippen LogP contribution in [0.3, 0.4) is 0 Å². The Morgan fingerprint density at radius 1 is 0.786 bits per heavy atom. The Morgan fingerprint density at radius 2 is 1.29 bits per heavy atom. The van der Waals surface area contributed by atoms with Gasteiger partial charge in [-0.2, -0.15) is 15.8 Å². The van der Waals surface area contributed by atoms with E-state index in [1.54, 1.807) is 0 Å². The summed E-state index contributed by atoms with van der Waals surface area (Å²) in [5, 5.41) is 27.4. The van der Waals surface area contributed by atoms with Crippen LogP contribution in [0.15, 0.2) is 18.2 Å². The fraction of sp³-hybridized carbons (Fsp3) is 0.609. The first-order chi connectivity index (χ1) is 13.7. The Hall–Kier alpha value is -2.39. The van der Waals surface area contributed by atoms with Crippen LogP contribution in [0.5, 0.6) is 0 Å². The summed E-state index contributed by atoms with van der Waals surface area (Å²) < 4.78 is 0. The highest BCUT2D eigenvalue weighted by Gasteiger charge is 2.21. The number of nitrogens with zero attached hydrogens (tertiary/aromatic N) is 5. The molecule has 2 unspecified atom stereocenters. The average Bonchev–Trinajstić information content (AvgIpc) is 2.69. The van der Waals surface area contributed by atoms with Crippen LogP contribution in [0.4, 0.5) is 0 Å².